The van der Waals surface area contributed by atoms with Crippen LogP contribution in [0.1, 0.15) is 63.2 Å². The molecular formula is C28H35Cl2F4N3O4S. The molecule has 0 aromatic heterocycles. The number of benzene rings is 1. The Bertz CT molecular complexity index is 1190. The summed E-state index contributed by atoms with van der Waals surface area (Å²) >= 11 is 13.5. The Morgan fingerprint density at radius 2 is 1.64 bits per heavy atom. The molecule has 1 amide bonds. The fourth-order valence-corrected chi connectivity index (χ4v) is 6.48. The number of carboxylic acids is 1. The molecule has 14 heteroatoms. The third kappa shape index (κ3) is 10.2. The number of thioether (sulfide) groups is 1. The van der Waals surface area contributed by atoms with E-state index in [-0.39, 0.29) is 57.8 Å². The van der Waals surface area contributed by atoms with Crippen molar-refractivity contribution in [1.29, 1.82) is 5.41 Å². The van der Waals surface area contributed by atoms with E-state index >= 15 is 0 Å². The smallest absolute Gasteiger partial charge is 0.431 e. The van der Waals surface area contributed by atoms with Gasteiger partial charge in [-0.15, -0.1) is 0 Å². The number of halogens is 6. The molecule has 42 heavy (non-hydrogen) atoms. The highest BCUT2D eigenvalue weighted by Gasteiger charge is 2.43. The van der Waals surface area contributed by atoms with E-state index in [1.807, 2.05) is 20.8 Å². The molecule has 0 saturated heterocycles. The van der Waals surface area contributed by atoms with Crippen LogP contribution in [0, 0.1) is 17.1 Å². The maximum atomic E-state index is 14.5. The number of amides is 1. The van der Waals surface area contributed by atoms with Crippen LogP contribution < -0.4 is 0 Å². The van der Waals surface area contributed by atoms with Crippen molar-refractivity contribution in [3.05, 3.63) is 44.8 Å². The summed E-state index contributed by atoms with van der Waals surface area (Å²) in [6.45, 7) is 4.91. The Morgan fingerprint density at radius 1 is 1.10 bits per heavy atom. The second-order valence-electron chi connectivity index (χ2n) is 11.1. The summed E-state index contributed by atoms with van der Waals surface area (Å²) in [7, 11) is 1.20. The van der Waals surface area contributed by atoms with Gasteiger partial charge in [0.25, 0.3) is 5.91 Å². The highest BCUT2D eigenvalue weighted by Crippen LogP contribution is 2.37. The molecule has 1 aliphatic carbocycles. The molecule has 7 nitrogen and oxygen atoms in total. The summed E-state index contributed by atoms with van der Waals surface area (Å²) in [5.74, 6) is -3.63. The molecule has 0 radical (unpaired) electrons. The molecule has 1 aliphatic rings. The number of carbonyl (C=O) groups excluding carboxylic acids is 2. The number of alkyl halides is 3. The van der Waals surface area contributed by atoms with Gasteiger partial charge in [-0.2, -0.15) is 24.9 Å². The van der Waals surface area contributed by atoms with Crippen LogP contribution in [0.25, 0.3) is 0 Å². The van der Waals surface area contributed by atoms with Gasteiger partial charge in [0.2, 0.25) is 0 Å². The predicted octanol–water partition coefficient (Wildman–Crippen LogP) is 7.11. The maximum Gasteiger partial charge on any atom is 0.431 e. The number of hydrogen-bond donors (Lipinski definition) is 2. The Balaban J connectivity index is 2.47. The van der Waals surface area contributed by atoms with Gasteiger partial charge in [-0.1, -0.05) is 44.0 Å². The van der Waals surface area contributed by atoms with Gasteiger partial charge < -0.3 is 20.3 Å². The lowest BCUT2D eigenvalue weighted by Gasteiger charge is -2.38. The number of rotatable bonds is 12. The Kier molecular flexibility index (Phi) is 12.7. The normalized spacial score (nSPS) is 18.2. The van der Waals surface area contributed by atoms with E-state index in [1.165, 1.54) is 18.8 Å². The van der Waals surface area contributed by atoms with Crippen molar-refractivity contribution >= 4 is 58.8 Å². The standard InChI is InChI=1S/C28H35Cl2F4N3O4S/c1-27(2,3)42-10-9-37(15-22(38)24-20(29)12-17(31)13-21(24)30)26(41)19(14-35)25(28(32,33)34)36(4)18-7-5-16(6-8-18)11-23(39)40/h12-14,16,18,35H,5-11,15H2,1-4H3,(H,39,40). The maximum absolute atomic E-state index is 14.5. The molecule has 1 fully saturated rings. The summed E-state index contributed by atoms with van der Waals surface area (Å²) in [4.78, 5) is 39.8. The zero-order valence-electron chi connectivity index (χ0n) is 23.8. The number of allylic oxidation sites excluding steroid dienone is 1. The summed E-state index contributed by atoms with van der Waals surface area (Å²) in [5.41, 5.74) is -2.53. The van der Waals surface area contributed by atoms with Gasteiger partial charge in [-0.25, -0.2) is 4.39 Å². The minimum atomic E-state index is -5.02. The lowest BCUT2D eigenvalue weighted by atomic mass is 9.83. The molecule has 0 atom stereocenters. The quantitative estimate of drug-likeness (QED) is 0.108. The van der Waals surface area contributed by atoms with Crippen LogP contribution in [0.2, 0.25) is 10.0 Å². The van der Waals surface area contributed by atoms with Crippen LogP contribution in [0.4, 0.5) is 17.6 Å². The average Bonchev–Trinajstić information content (AvgIpc) is 2.83. The minimum absolute atomic E-state index is 0.0692. The van der Waals surface area contributed by atoms with E-state index in [0.29, 0.717) is 19.1 Å². The molecule has 2 rings (SSSR count). The molecular weight excluding hydrogens is 621 g/mol. The molecule has 0 unspecified atom stereocenters. The van der Waals surface area contributed by atoms with Crippen LogP contribution in [0.5, 0.6) is 0 Å². The third-order valence-electron chi connectivity index (χ3n) is 6.88. The highest BCUT2D eigenvalue weighted by molar-refractivity contribution is 8.00. The summed E-state index contributed by atoms with van der Waals surface area (Å²) in [6, 6.07) is 1.10. The molecule has 234 valence electrons. The molecule has 1 aromatic carbocycles. The van der Waals surface area contributed by atoms with E-state index in [0.717, 1.165) is 21.9 Å². The average molecular weight is 657 g/mol. The number of carboxylic acid groups (broad SMARTS) is 1. The van der Waals surface area contributed by atoms with Crippen LogP contribution in [0.3, 0.4) is 0 Å². The van der Waals surface area contributed by atoms with Gasteiger partial charge in [-0.05, 0) is 43.7 Å². The Labute approximate surface area is 257 Å². The second kappa shape index (κ2) is 14.9. The lowest BCUT2D eigenvalue weighted by Crippen LogP contribution is -2.44. The largest absolute Gasteiger partial charge is 0.481 e. The van der Waals surface area contributed by atoms with Gasteiger partial charge in [-0.3, -0.25) is 14.4 Å². The van der Waals surface area contributed by atoms with Crippen molar-refractivity contribution in [2.45, 2.75) is 69.8 Å². The number of Topliss-reactive ketones (excluding diaryl/α,β-unsaturated/α-hetero) is 1. The van der Waals surface area contributed by atoms with E-state index in [4.69, 9.17) is 33.7 Å². The SMILES string of the molecule is CN(C(=C(C=N)C(=O)N(CCSC(C)(C)C)CC(=O)c1c(Cl)cc(F)cc1Cl)C(F)(F)F)C1CCC(CC(=O)O)CC1. The van der Waals surface area contributed by atoms with Gasteiger partial charge in [0, 0.05) is 42.8 Å². The monoisotopic (exact) mass is 655 g/mol. The van der Waals surface area contributed by atoms with Crippen molar-refractivity contribution in [3.8, 4) is 0 Å². The molecule has 0 bridgehead atoms. The molecule has 0 heterocycles. The van der Waals surface area contributed by atoms with E-state index in [1.54, 1.807) is 0 Å². The van der Waals surface area contributed by atoms with Crippen molar-refractivity contribution in [3.63, 3.8) is 0 Å². The predicted molar refractivity (Wildman–Crippen MR) is 157 cm³/mol. The first-order valence-electron chi connectivity index (χ1n) is 13.2. The van der Waals surface area contributed by atoms with Crippen molar-refractivity contribution in [1.82, 2.24) is 9.80 Å². The molecule has 1 aromatic rings. The number of hydrogen-bond acceptors (Lipinski definition) is 6. The van der Waals surface area contributed by atoms with Gasteiger partial charge >= 0.3 is 12.1 Å². The molecule has 0 aliphatic heterocycles. The second-order valence-corrected chi connectivity index (χ2v) is 13.9. The summed E-state index contributed by atoms with van der Waals surface area (Å²) in [6.07, 6.45) is -3.38. The zero-order valence-corrected chi connectivity index (χ0v) is 26.1. The minimum Gasteiger partial charge on any atom is -0.481 e. The highest BCUT2D eigenvalue weighted by atomic mass is 35.5. The third-order valence-corrected chi connectivity index (χ3v) is 8.73. The molecule has 0 spiro atoms. The lowest BCUT2D eigenvalue weighted by molar-refractivity contribution is -0.138. The first-order valence-corrected chi connectivity index (χ1v) is 15.0. The number of nitrogens with zero attached hydrogens (tertiary/aromatic N) is 2. The van der Waals surface area contributed by atoms with Crippen molar-refractivity contribution < 1.29 is 37.1 Å². The number of nitrogens with one attached hydrogen (secondary N) is 1. The summed E-state index contributed by atoms with van der Waals surface area (Å²) < 4.78 is 57.0. The molecule has 2 N–H and O–H groups in total. The number of aliphatic carboxylic acids is 1. The van der Waals surface area contributed by atoms with Gasteiger partial charge in [0.15, 0.2) is 5.78 Å². The van der Waals surface area contributed by atoms with Crippen molar-refractivity contribution in [2.75, 3.05) is 25.9 Å². The molecule has 1 saturated carbocycles. The Hall–Kier alpha value is -2.31. The number of ketones is 1. The van der Waals surface area contributed by atoms with Gasteiger partial charge in [0.05, 0.1) is 27.7 Å². The Morgan fingerprint density at radius 3 is 2.10 bits per heavy atom. The van der Waals surface area contributed by atoms with Crippen LogP contribution in [-0.2, 0) is 9.59 Å². The zero-order chi connectivity index (χ0) is 32.0. The first-order chi connectivity index (χ1) is 19.4. The summed E-state index contributed by atoms with van der Waals surface area (Å²) in [5, 5.41) is 16.3. The number of carbonyl (C=O) groups is 3. The van der Waals surface area contributed by atoms with Crippen LogP contribution >= 0.6 is 35.0 Å². The van der Waals surface area contributed by atoms with Crippen LogP contribution in [0.15, 0.2) is 23.4 Å². The first kappa shape index (κ1) is 35.9. The van der Waals surface area contributed by atoms with E-state index in [9.17, 15) is 31.9 Å². The fraction of sp³-hybridized carbons (Fsp3) is 0.571. The van der Waals surface area contributed by atoms with E-state index in [2.05, 4.69) is 0 Å². The topological polar surface area (TPSA) is 102 Å². The van der Waals surface area contributed by atoms with Gasteiger partial charge in [0.1, 0.15) is 11.5 Å². The van der Waals surface area contributed by atoms with Crippen molar-refractivity contribution in [2.24, 2.45) is 5.92 Å². The van der Waals surface area contributed by atoms with Crippen LogP contribution in [-0.4, -0.2) is 81.6 Å². The fourth-order valence-electron chi connectivity index (χ4n) is 4.89. The van der Waals surface area contributed by atoms with E-state index < -0.39 is 53.5 Å².